The lowest BCUT2D eigenvalue weighted by molar-refractivity contribution is -0.632. The molecule has 1 aromatic heterocycles. The Bertz CT molecular complexity index is 1910. The number of hydrogen-bond donors (Lipinski definition) is 7. The number of carbonyl (C=O) groups is 4. The van der Waals surface area contributed by atoms with Gasteiger partial charge >= 0.3 is 0 Å². The van der Waals surface area contributed by atoms with Crippen LogP contribution in [0.25, 0.3) is 32.9 Å². The van der Waals surface area contributed by atoms with Crippen molar-refractivity contribution >= 4 is 62.7 Å². The maximum atomic E-state index is 13.1. The number of benzene rings is 3. The number of carboxylic acids is 1. The van der Waals surface area contributed by atoms with Crippen LogP contribution in [0.4, 0.5) is 11.4 Å². The number of anilines is 2. The number of pyridine rings is 1. The van der Waals surface area contributed by atoms with Gasteiger partial charge in [0.1, 0.15) is 7.05 Å². The zero-order chi connectivity index (χ0) is 36.2. The number of aliphatic imine (C=N–C) groups is 1. The zero-order valence-corrected chi connectivity index (χ0v) is 28.2. The molecule has 0 spiro atoms. The maximum Gasteiger partial charge on any atom is 0.251 e. The molecule has 0 saturated carbocycles. The summed E-state index contributed by atoms with van der Waals surface area (Å²) in [6.45, 7) is 0.746. The smallest absolute Gasteiger partial charge is 0.251 e. The predicted molar refractivity (Wildman–Crippen MR) is 192 cm³/mol. The van der Waals surface area contributed by atoms with Crippen molar-refractivity contribution in [3.05, 3.63) is 66.2 Å². The van der Waals surface area contributed by atoms with Gasteiger partial charge in [-0.05, 0) is 68.1 Å². The Hall–Kier alpha value is -5.92. The van der Waals surface area contributed by atoms with Crippen LogP contribution in [0.3, 0.4) is 0 Å². The quantitative estimate of drug-likeness (QED) is 0.0207. The standard InChI is InChI=1S/C36H45N9O5/c1-45-30-21-25(38)12-14-27(30)26-13-11-24(37)20-28(26)33(45)22-7-5-8-23(19-22)34(48)42-16-4-2-3-10-31(46)41-18-15-32(47)44-29(35(49)50)9-6-17-43-36(39)40/h5,7-8,11-14,19-21,29,38H,2-4,6,9-10,15-18,37H2,1H3,(H8,39,40,41,42,43,44,46,47,48,49,50). The van der Waals surface area contributed by atoms with Crippen LogP contribution < -0.4 is 48.6 Å². The second-order valence-corrected chi connectivity index (χ2v) is 12.1. The number of aryl methyl sites for hydroxylation is 1. The minimum atomic E-state index is -1.40. The molecule has 0 aliphatic carbocycles. The van der Waals surface area contributed by atoms with Gasteiger partial charge in [0, 0.05) is 66.4 Å². The van der Waals surface area contributed by atoms with E-state index in [-0.39, 0.29) is 50.1 Å². The first-order valence-electron chi connectivity index (χ1n) is 16.6. The average molecular weight is 684 g/mol. The molecule has 11 N–H and O–H groups in total. The van der Waals surface area contributed by atoms with Crippen LogP contribution in [0.1, 0.15) is 55.3 Å². The molecular weight excluding hydrogens is 638 g/mol. The summed E-state index contributed by atoms with van der Waals surface area (Å²) in [7, 11) is 1.97. The molecule has 14 heteroatoms. The molecule has 1 atom stereocenters. The van der Waals surface area contributed by atoms with Crippen LogP contribution in [0.5, 0.6) is 0 Å². The maximum absolute atomic E-state index is 13.1. The molecule has 0 radical (unpaired) electrons. The van der Waals surface area contributed by atoms with Crippen LogP contribution >= 0.6 is 0 Å². The van der Waals surface area contributed by atoms with Gasteiger partial charge in [-0.15, -0.1) is 0 Å². The van der Waals surface area contributed by atoms with Crippen LogP contribution in [0.2, 0.25) is 0 Å². The van der Waals surface area contributed by atoms with E-state index in [4.69, 9.17) is 22.9 Å². The third-order valence-corrected chi connectivity index (χ3v) is 8.31. The van der Waals surface area contributed by atoms with E-state index in [0.717, 1.165) is 32.9 Å². The number of nitrogens with zero attached hydrogens (tertiary/aromatic N) is 2. The molecule has 3 aromatic carbocycles. The summed E-state index contributed by atoms with van der Waals surface area (Å²) in [5, 5.41) is 22.4. The van der Waals surface area contributed by atoms with Gasteiger partial charge in [-0.25, -0.2) is 0 Å². The Balaban J connectivity index is 1.22. The number of nitrogen functional groups attached to an aromatic ring is 2. The van der Waals surface area contributed by atoms with E-state index in [0.29, 0.717) is 49.2 Å². The van der Waals surface area contributed by atoms with Gasteiger partial charge < -0.3 is 48.8 Å². The van der Waals surface area contributed by atoms with Crippen molar-refractivity contribution in [2.24, 2.45) is 23.5 Å². The molecule has 1 heterocycles. The lowest BCUT2D eigenvalue weighted by Gasteiger charge is -2.19. The number of fused-ring (bicyclic) bond motifs is 3. The van der Waals surface area contributed by atoms with Gasteiger partial charge in [-0.2, -0.15) is 4.57 Å². The molecule has 50 heavy (non-hydrogen) atoms. The molecule has 0 saturated heterocycles. The fourth-order valence-corrected chi connectivity index (χ4v) is 5.82. The van der Waals surface area contributed by atoms with Crippen molar-refractivity contribution < 1.29 is 28.9 Å². The first-order chi connectivity index (χ1) is 23.9. The van der Waals surface area contributed by atoms with Crippen molar-refractivity contribution in [3.63, 3.8) is 0 Å². The number of nitrogens with two attached hydrogens (primary N) is 4. The summed E-state index contributed by atoms with van der Waals surface area (Å²) in [5.41, 5.74) is 27.4. The number of hydrogen-bond acceptors (Lipinski definition) is 8. The third-order valence-electron chi connectivity index (χ3n) is 8.31. The zero-order valence-electron chi connectivity index (χ0n) is 28.2. The second-order valence-electron chi connectivity index (χ2n) is 12.1. The van der Waals surface area contributed by atoms with Gasteiger partial charge in [0.2, 0.25) is 23.0 Å². The monoisotopic (exact) mass is 683 g/mol. The highest BCUT2D eigenvalue weighted by Gasteiger charge is 2.22. The topological polar surface area (TPSA) is 248 Å². The Labute approximate surface area is 290 Å². The Morgan fingerprint density at radius 2 is 1.54 bits per heavy atom. The lowest BCUT2D eigenvalue weighted by atomic mass is 9.97. The van der Waals surface area contributed by atoms with Crippen molar-refractivity contribution in [2.75, 3.05) is 31.1 Å². The molecule has 0 fully saturated rings. The first-order valence-corrected chi connectivity index (χ1v) is 16.6. The minimum Gasteiger partial charge on any atom is -0.548 e. The SMILES string of the molecule is C[n+]1c(-c2cccc(C(=O)NCCCCCC(=O)NCCC(=O)NC(CCCN=C(N)N)C(=O)[O-])c2)c2cc(N)ccc2c2ccc(N)cc21. The molecule has 3 amide bonds. The molecule has 1 unspecified atom stereocenters. The fourth-order valence-electron chi connectivity index (χ4n) is 5.82. The molecule has 4 aromatic rings. The van der Waals surface area contributed by atoms with E-state index in [1.54, 1.807) is 6.07 Å². The lowest BCUT2D eigenvalue weighted by Crippen LogP contribution is -2.48. The Morgan fingerprint density at radius 3 is 2.28 bits per heavy atom. The van der Waals surface area contributed by atoms with Gasteiger partial charge in [0.05, 0.1) is 22.8 Å². The summed E-state index contributed by atoms with van der Waals surface area (Å²) < 4.78 is 2.07. The van der Waals surface area contributed by atoms with Gasteiger partial charge in [0.25, 0.3) is 5.91 Å². The predicted octanol–water partition coefficient (Wildman–Crippen LogP) is 0.734. The molecule has 0 aliphatic rings. The molecule has 14 nitrogen and oxygen atoms in total. The number of carbonyl (C=O) groups excluding carboxylic acids is 4. The number of amides is 3. The highest BCUT2D eigenvalue weighted by atomic mass is 16.4. The van der Waals surface area contributed by atoms with E-state index in [2.05, 4.69) is 25.5 Å². The van der Waals surface area contributed by atoms with Crippen LogP contribution in [0.15, 0.2) is 65.7 Å². The summed E-state index contributed by atoms with van der Waals surface area (Å²) >= 11 is 0. The average Bonchev–Trinajstić information content (AvgIpc) is 3.07. The summed E-state index contributed by atoms with van der Waals surface area (Å²) in [4.78, 5) is 52.5. The van der Waals surface area contributed by atoms with Crippen molar-refractivity contribution in [3.8, 4) is 11.3 Å². The number of rotatable bonds is 17. The highest BCUT2D eigenvalue weighted by molar-refractivity contribution is 6.10. The van der Waals surface area contributed by atoms with Gasteiger partial charge in [0.15, 0.2) is 5.96 Å². The van der Waals surface area contributed by atoms with Crippen LogP contribution in [0, 0.1) is 0 Å². The number of unbranched alkanes of at least 4 members (excludes halogenated alkanes) is 2. The van der Waals surface area contributed by atoms with Crippen LogP contribution in [-0.4, -0.2) is 55.3 Å². The molecule has 264 valence electrons. The summed E-state index contributed by atoms with van der Waals surface area (Å²) in [6.07, 6.45) is 2.64. The summed E-state index contributed by atoms with van der Waals surface area (Å²) in [6, 6.07) is 17.9. The van der Waals surface area contributed by atoms with Crippen molar-refractivity contribution in [1.29, 1.82) is 0 Å². The Morgan fingerprint density at radius 1 is 0.800 bits per heavy atom. The number of guanidine groups is 1. The number of carboxylic acid groups (broad SMARTS) is 1. The third kappa shape index (κ3) is 10.0. The van der Waals surface area contributed by atoms with Crippen molar-refractivity contribution in [2.45, 2.75) is 51.0 Å². The Kier molecular flexibility index (Phi) is 12.9. The molecule has 0 aliphatic heterocycles. The van der Waals surface area contributed by atoms with E-state index in [1.165, 1.54) is 0 Å². The largest absolute Gasteiger partial charge is 0.548 e. The normalized spacial score (nSPS) is 11.5. The first kappa shape index (κ1) is 36.9. The second kappa shape index (κ2) is 17.5. The minimum absolute atomic E-state index is 0.0715. The van der Waals surface area contributed by atoms with E-state index < -0.39 is 17.9 Å². The molecular formula is C36H45N9O5. The van der Waals surface area contributed by atoms with Crippen molar-refractivity contribution in [1.82, 2.24) is 16.0 Å². The number of aromatic nitrogens is 1. The molecule has 0 bridgehead atoms. The van der Waals surface area contributed by atoms with E-state index in [1.807, 2.05) is 61.6 Å². The van der Waals surface area contributed by atoms with Gasteiger partial charge in [-0.1, -0.05) is 18.6 Å². The number of nitrogens with one attached hydrogen (secondary N) is 3. The highest BCUT2D eigenvalue weighted by Crippen LogP contribution is 2.33. The van der Waals surface area contributed by atoms with E-state index in [9.17, 15) is 24.3 Å². The number of aliphatic carboxylic acids is 1. The van der Waals surface area contributed by atoms with Crippen LogP contribution in [-0.2, 0) is 21.4 Å². The van der Waals surface area contributed by atoms with E-state index >= 15 is 0 Å². The summed E-state index contributed by atoms with van der Waals surface area (Å²) in [5.74, 6) is -2.44. The molecule has 4 rings (SSSR count). The fraction of sp³-hybridized carbons (Fsp3) is 0.333. The van der Waals surface area contributed by atoms with Gasteiger partial charge in [-0.3, -0.25) is 19.4 Å².